The molecule has 0 amide bonds. The van der Waals surface area contributed by atoms with Crippen LogP contribution in [0.5, 0.6) is 0 Å². The first kappa shape index (κ1) is 11.0. The Balaban J connectivity index is 2.59. The maximum absolute atomic E-state index is 5.39. The van der Waals surface area contributed by atoms with Gasteiger partial charge in [0.05, 0.1) is 6.20 Å². The Morgan fingerprint density at radius 1 is 1.47 bits per heavy atom. The summed E-state index contributed by atoms with van der Waals surface area (Å²) in [7, 11) is 0. The van der Waals surface area contributed by atoms with Crippen LogP contribution in [-0.4, -0.2) is 16.9 Å². The van der Waals surface area contributed by atoms with Crippen molar-refractivity contribution in [2.45, 2.75) is 19.9 Å². The lowest BCUT2D eigenvalue weighted by Gasteiger charge is -1.93. The van der Waals surface area contributed by atoms with Crippen LogP contribution in [0.1, 0.15) is 18.6 Å². The third-order valence-electron chi connectivity index (χ3n) is 1.57. The van der Waals surface area contributed by atoms with Crippen LogP contribution in [0.25, 0.3) is 0 Å². The number of hydrogen-bond acceptors (Lipinski definition) is 3. The van der Waals surface area contributed by atoms with E-state index in [1.807, 2.05) is 6.92 Å². The fourth-order valence-electron chi connectivity index (χ4n) is 0.901. The van der Waals surface area contributed by atoms with Crippen LogP contribution in [0, 0.1) is 0 Å². The van der Waals surface area contributed by atoms with E-state index < -0.39 is 0 Å². The average molecular weight is 210 g/mol. The van der Waals surface area contributed by atoms with Crippen molar-refractivity contribution < 1.29 is 4.42 Å². The van der Waals surface area contributed by atoms with Crippen LogP contribution in [0.4, 0.5) is 0 Å². The highest BCUT2D eigenvalue weighted by molar-refractivity contribution is 5.92. The SMILES string of the molecule is CCc1cnc(CN=C(N)N=C(N)N)o1. The molecular weight excluding hydrogens is 196 g/mol. The number of aromatic nitrogens is 1. The lowest BCUT2D eigenvalue weighted by molar-refractivity contribution is 0.461. The molecule has 0 atom stereocenters. The minimum absolute atomic E-state index is 0.00579. The third kappa shape index (κ3) is 3.67. The number of guanidine groups is 2. The van der Waals surface area contributed by atoms with Gasteiger partial charge in [-0.3, -0.25) is 0 Å². The summed E-state index contributed by atoms with van der Waals surface area (Å²) in [5.74, 6) is 1.17. The lowest BCUT2D eigenvalue weighted by Crippen LogP contribution is -2.26. The number of oxazole rings is 1. The quantitative estimate of drug-likeness (QED) is 0.450. The highest BCUT2D eigenvalue weighted by atomic mass is 16.4. The Hall–Kier alpha value is -2.05. The molecule has 82 valence electrons. The van der Waals surface area contributed by atoms with E-state index in [1.54, 1.807) is 6.20 Å². The summed E-state index contributed by atoms with van der Waals surface area (Å²) in [5, 5.41) is 0. The molecule has 1 rings (SSSR count). The maximum Gasteiger partial charge on any atom is 0.219 e. The van der Waals surface area contributed by atoms with E-state index in [-0.39, 0.29) is 18.5 Å². The summed E-state index contributed by atoms with van der Waals surface area (Å²) in [6, 6.07) is 0. The Kier molecular flexibility index (Phi) is 3.67. The van der Waals surface area contributed by atoms with Gasteiger partial charge < -0.3 is 21.6 Å². The Labute approximate surface area is 87.1 Å². The van der Waals surface area contributed by atoms with E-state index in [0.717, 1.165) is 12.2 Å². The largest absolute Gasteiger partial charge is 0.444 e. The zero-order valence-electron chi connectivity index (χ0n) is 8.47. The number of hydrogen-bond donors (Lipinski definition) is 3. The van der Waals surface area contributed by atoms with Gasteiger partial charge >= 0.3 is 0 Å². The van der Waals surface area contributed by atoms with Crippen molar-refractivity contribution in [3.63, 3.8) is 0 Å². The van der Waals surface area contributed by atoms with Crippen LogP contribution in [-0.2, 0) is 13.0 Å². The smallest absolute Gasteiger partial charge is 0.219 e. The van der Waals surface area contributed by atoms with Gasteiger partial charge in [0.25, 0.3) is 0 Å². The summed E-state index contributed by atoms with van der Waals surface area (Å²) < 4.78 is 5.30. The molecule has 0 aromatic carbocycles. The molecule has 0 spiro atoms. The second kappa shape index (κ2) is 4.99. The third-order valence-corrected chi connectivity index (χ3v) is 1.57. The second-order valence-corrected chi connectivity index (χ2v) is 2.78. The number of nitrogens with two attached hydrogens (primary N) is 3. The fraction of sp³-hybridized carbons (Fsp3) is 0.375. The van der Waals surface area contributed by atoms with Crippen molar-refractivity contribution in [1.82, 2.24) is 4.98 Å². The normalized spacial score (nSPS) is 11.4. The van der Waals surface area contributed by atoms with Crippen molar-refractivity contribution in [1.29, 1.82) is 0 Å². The summed E-state index contributed by atoms with van der Waals surface area (Å²) >= 11 is 0. The molecule has 0 fully saturated rings. The van der Waals surface area contributed by atoms with E-state index in [0.29, 0.717) is 5.89 Å². The van der Waals surface area contributed by atoms with Gasteiger partial charge in [-0.15, -0.1) is 0 Å². The van der Waals surface area contributed by atoms with Crippen LogP contribution in [0.2, 0.25) is 0 Å². The molecule has 0 aliphatic rings. The Morgan fingerprint density at radius 3 is 2.73 bits per heavy atom. The predicted molar refractivity (Wildman–Crippen MR) is 57.0 cm³/mol. The monoisotopic (exact) mass is 210 g/mol. The van der Waals surface area contributed by atoms with Crippen LogP contribution in [0.15, 0.2) is 20.6 Å². The van der Waals surface area contributed by atoms with E-state index in [4.69, 9.17) is 21.6 Å². The van der Waals surface area contributed by atoms with Gasteiger partial charge in [-0.1, -0.05) is 6.92 Å². The van der Waals surface area contributed by atoms with Crippen molar-refractivity contribution in [2.75, 3.05) is 0 Å². The van der Waals surface area contributed by atoms with Crippen LogP contribution < -0.4 is 17.2 Å². The molecule has 0 radical (unpaired) electrons. The van der Waals surface area contributed by atoms with Gasteiger partial charge in [0.1, 0.15) is 12.3 Å². The lowest BCUT2D eigenvalue weighted by atomic mass is 10.4. The minimum Gasteiger partial charge on any atom is -0.444 e. The van der Waals surface area contributed by atoms with Crippen molar-refractivity contribution in [3.8, 4) is 0 Å². The fourth-order valence-corrected chi connectivity index (χ4v) is 0.901. The van der Waals surface area contributed by atoms with Gasteiger partial charge in [0.15, 0.2) is 5.96 Å². The maximum atomic E-state index is 5.39. The second-order valence-electron chi connectivity index (χ2n) is 2.78. The first-order chi connectivity index (χ1) is 7.11. The molecule has 6 N–H and O–H groups in total. The zero-order valence-corrected chi connectivity index (χ0v) is 8.47. The van der Waals surface area contributed by atoms with Gasteiger partial charge in [-0.05, 0) is 0 Å². The first-order valence-corrected chi connectivity index (χ1v) is 4.45. The number of nitrogens with zero attached hydrogens (tertiary/aromatic N) is 3. The minimum atomic E-state index is -0.127. The van der Waals surface area contributed by atoms with Gasteiger partial charge in [-0.25, -0.2) is 9.98 Å². The summed E-state index contributed by atoms with van der Waals surface area (Å²) in [4.78, 5) is 11.4. The Morgan fingerprint density at radius 2 is 2.20 bits per heavy atom. The van der Waals surface area contributed by atoms with Crippen LogP contribution >= 0.6 is 0 Å². The Bertz CT molecular complexity index is 376. The standard InChI is InChI=1S/C8H14N6O/c1-2-5-3-12-6(15-5)4-13-8(11)14-7(9)10/h3H,2,4H2,1H3,(H6,9,10,11,13,14). The van der Waals surface area contributed by atoms with Gasteiger partial charge in [0.2, 0.25) is 11.9 Å². The molecule has 0 saturated carbocycles. The summed E-state index contributed by atoms with van der Waals surface area (Å²) in [5.41, 5.74) is 15.6. The molecule has 7 nitrogen and oxygen atoms in total. The molecule has 1 heterocycles. The number of aryl methyl sites for hydroxylation is 1. The molecule has 1 aromatic heterocycles. The molecule has 0 aliphatic heterocycles. The molecule has 0 unspecified atom stereocenters. The zero-order chi connectivity index (χ0) is 11.3. The molecule has 15 heavy (non-hydrogen) atoms. The van der Waals surface area contributed by atoms with E-state index >= 15 is 0 Å². The van der Waals surface area contributed by atoms with Gasteiger partial charge in [0, 0.05) is 6.42 Å². The molecule has 1 aromatic rings. The first-order valence-electron chi connectivity index (χ1n) is 4.45. The van der Waals surface area contributed by atoms with Gasteiger partial charge in [-0.2, -0.15) is 4.99 Å². The average Bonchev–Trinajstić information content (AvgIpc) is 2.61. The molecule has 0 bridgehead atoms. The highest BCUT2D eigenvalue weighted by Gasteiger charge is 2.00. The number of aliphatic imine (C=N–C) groups is 2. The van der Waals surface area contributed by atoms with E-state index in [9.17, 15) is 0 Å². The molecule has 0 aliphatic carbocycles. The predicted octanol–water partition coefficient (Wildman–Crippen LogP) is -0.675. The van der Waals surface area contributed by atoms with E-state index in [1.165, 1.54) is 0 Å². The molecule has 7 heteroatoms. The number of rotatable bonds is 3. The van der Waals surface area contributed by atoms with Crippen LogP contribution in [0.3, 0.4) is 0 Å². The molecule has 0 saturated heterocycles. The highest BCUT2D eigenvalue weighted by Crippen LogP contribution is 2.04. The topological polar surface area (TPSA) is 129 Å². The summed E-state index contributed by atoms with van der Waals surface area (Å²) in [6.07, 6.45) is 2.45. The van der Waals surface area contributed by atoms with E-state index in [2.05, 4.69) is 15.0 Å². The summed E-state index contributed by atoms with van der Waals surface area (Å²) in [6.45, 7) is 2.20. The molecular formula is C8H14N6O. The van der Waals surface area contributed by atoms with Crippen molar-refractivity contribution >= 4 is 11.9 Å². The van der Waals surface area contributed by atoms with Crippen molar-refractivity contribution in [2.24, 2.45) is 27.2 Å². The van der Waals surface area contributed by atoms with Crippen molar-refractivity contribution in [3.05, 3.63) is 17.8 Å².